The van der Waals surface area contributed by atoms with Crippen molar-refractivity contribution in [1.82, 2.24) is 24.1 Å². The molecule has 2 aromatic carbocycles. The van der Waals surface area contributed by atoms with Gasteiger partial charge in [0.1, 0.15) is 11.6 Å². The van der Waals surface area contributed by atoms with Crippen molar-refractivity contribution in [2.24, 2.45) is 0 Å². The number of hydrogen-bond acceptors (Lipinski definition) is 7. The summed E-state index contributed by atoms with van der Waals surface area (Å²) in [4.78, 5) is 49.1. The van der Waals surface area contributed by atoms with Gasteiger partial charge in [0.05, 0.1) is 25.8 Å². The molecular formula is C24H22F2N6O4. The van der Waals surface area contributed by atoms with Crippen molar-refractivity contribution in [3.8, 4) is 5.75 Å². The van der Waals surface area contributed by atoms with Crippen molar-refractivity contribution in [3.05, 3.63) is 108 Å². The van der Waals surface area contributed by atoms with Crippen molar-refractivity contribution >= 4 is 11.6 Å². The van der Waals surface area contributed by atoms with Gasteiger partial charge in [0.25, 0.3) is 5.56 Å². The molecule has 10 nitrogen and oxygen atoms in total. The van der Waals surface area contributed by atoms with E-state index in [1.54, 1.807) is 31.2 Å². The van der Waals surface area contributed by atoms with E-state index in [2.05, 4.69) is 20.3 Å². The van der Waals surface area contributed by atoms with Gasteiger partial charge in [-0.3, -0.25) is 9.36 Å². The lowest BCUT2D eigenvalue weighted by Gasteiger charge is -2.16. The number of aryl methyl sites for hydroxylation is 2. The summed E-state index contributed by atoms with van der Waals surface area (Å²) in [5.74, 6) is -1.21. The van der Waals surface area contributed by atoms with Crippen LogP contribution in [-0.4, -0.2) is 31.2 Å². The lowest BCUT2D eigenvalue weighted by molar-refractivity contribution is 0.415. The number of halogens is 2. The summed E-state index contributed by atoms with van der Waals surface area (Å²) in [5, 5.41) is 2.91. The number of H-pyrrole nitrogens is 1. The topological polar surface area (TPSA) is 124 Å². The van der Waals surface area contributed by atoms with Crippen molar-refractivity contribution in [2.75, 3.05) is 12.4 Å². The number of nitrogens with zero attached hydrogens (tertiary/aromatic N) is 4. The van der Waals surface area contributed by atoms with Gasteiger partial charge in [-0.15, -0.1) is 0 Å². The molecule has 0 atom stereocenters. The third-order valence-corrected chi connectivity index (χ3v) is 5.44. The van der Waals surface area contributed by atoms with Crippen LogP contribution in [0.5, 0.6) is 5.75 Å². The van der Waals surface area contributed by atoms with Crippen LogP contribution in [0, 0.1) is 25.5 Å². The molecule has 2 aromatic heterocycles. The fraction of sp³-hybridized carbons (Fsp3) is 0.208. The Bertz CT molecular complexity index is 1590. The second kappa shape index (κ2) is 9.94. The van der Waals surface area contributed by atoms with Gasteiger partial charge in [-0.05, 0) is 55.3 Å². The first-order valence-corrected chi connectivity index (χ1v) is 10.8. The maximum Gasteiger partial charge on any atom is 0.355 e. The Balaban J connectivity index is 1.83. The zero-order valence-electron chi connectivity index (χ0n) is 19.6. The Morgan fingerprint density at radius 3 is 2.39 bits per heavy atom. The van der Waals surface area contributed by atoms with Crippen molar-refractivity contribution in [1.29, 1.82) is 0 Å². The van der Waals surface area contributed by atoms with E-state index < -0.39 is 28.6 Å². The Morgan fingerprint density at radius 1 is 1.03 bits per heavy atom. The maximum absolute atomic E-state index is 14.1. The predicted octanol–water partition coefficient (Wildman–Crippen LogP) is 2.23. The summed E-state index contributed by atoms with van der Waals surface area (Å²) in [6.45, 7) is 2.38. The summed E-state index contributed by atoms with van der Waals surface area (Å²) >= 11 is 0. The monoisotopic (exact) mass is 496 g/mol. The first-order valence-electron chi connectivity index (χ1n) is 10.8. The van der Waals surface area contributed by atoms with Gasteiger partial charge in [0.15, 0.2) is 11.6 Å². The maximum atomic E-state index is 14.1. The number of methoxy groups -OCH3 is 1. The molecule has 0 fully saturated rings. The standard InChI is InChI=1S/C24H22F2N6O4/c1-13-8-15(9-19(25)20(13)26)11-31-22(29-17-4-6-18(36-3)7-5-17)30-23(34)32(24(31)35)12-16-10-27-14(2)28-21(16)33/h4-10H,11-12H2,1-3H3,(H,27,28,33)(H,29,30,34). The highest BCUT2D eigenvalue weighted by Crippen LogP contribution is 2.19. The summed E-state index contributed by atoms with van der Waals surface area (Å²) < 4.78 is 34.9. The van der Waals surface area contributed by atoms with Crippen LogP contribution < -0.4 is 27.0 Å². The third-order valence-electron chi connectivity index (χ3n) is 5.44. The van der Waals surface area contributed by atoms with Gasteiger partial charge in [-0.2, -0.15) is 4.98 Å². The number of nitrogens with one attached hydrogen (secondary N) is 2. The lowest BCUT2D eigenvalue weighted by Crippen LogP contribution is -2.43. The number of hydrogen-bond donors (Lipinski definition) is 2. The predicted molar refractivity (Wildman–Crippen MR) is 128 cm³/mol. The first kappa shape index (κ1) is 24.5. The molecule has 0 radical (unpaired) electrons. The highest BCUT2D eigenvalue weighted by atomic mass is 19.2. The van der Waals surface area contributed by atoms with Crippen LogP contribution in [0.3, 0.4) is 0 Å². The average Bonchev–Trinajstić information content (AvgIpc) is 2.84. The van der Waals surface area contributed by atoms with E-state index in [-0.39, 0.29) is 35.7 Å². The number of rotatable bonds is 7. The Kier molecular flexibility index (Phi) is 6.77. The number of aromatic nitrogens is 5. The second-order valence-corrected chi connectivity index (χ2v) is 8.06. The zero-order chi connectivity index (χ0) is 26.0. The molecule has 0 aliphatic heterocycles. The summed E-state index contributed by atoms with van der Waals surface area (Å²) in [5.41, 5.74) is -1.32. The van der Waals surface area contributed by atoms with E-state index in [4.69, 9.17) is 4.74 Å². The number of benzene rings is 2. The van der Waals surface area contributed by atoms with Gasteiger partial charge in [0.2, 0.25) is 5.95 Å². The largest absolute Gasteiger partial charge is 0.497 e. The minimum atomic E-state index is -1.07. The fourth-order valence-corrected chi connectivity index (χ4v) is 3.57. The SMILES string of the molecule is COc1ccc(Nc2nc(=O)n(Cc3cnc(C)[nH]c3=O)c(=O)n2Cc2cc(C)c(F)c(F)c2)cc1. The van der Waals surface area contributed by atoms with Gasteiger partial charge in [0, 0.05) is 11.9 Å². The van der Waals surface area contributed by atoms with Crippen LogP contribution in [0.2, 0.25) is 0 Å². The molecule has 0 spiro atoms. The number of anilines is 2. The van der Waals surface area contributed by atoms with E-state index in [1.807, 2.05) is 0 Å². The molecule has 0 amide bonds. The van der Waals surface area contributed by atoms with Crippen LogP contribution in [0.1, 0.15) is 22.5 Å². The average molecular weight is 496 g/mol. The van der Waals surface area contributed by atoms with Gasteiger partial charge < -0.3 is 15.0 Å². The quantitative estimate of drug-likeness (QED) is 0.402. The summed E-state index contributed by atoms with van der Waals surface area (Å²) in [6, 6.07) is 9.00. The van der Waals surface area contributed by atoms with Crippen molar-refractivity contribution in [2.45, 2.75) is 26.9 Å². The van der Waals surface area contributed by atoms with E-state index in [9.17, 15) is 23.2 Å². The Labute approximate surface area is 202 Å². The number of aromatic amines is 1. The normalized spacial score (nSPS) is 10.9. The zero-order valence-corrected chi connectivity index (χ0v) is 19.6. The van der Waals surface area contributed by atoms with Crippen LogP contribution in [0.25, 0.3) is 0 Å². The molecule has 4 aromatic rings. The highest BCUT2D eigenvalue weighted by molar-refractivity contribution is 5.54. The summed E-state index contributed by atoms with van der Waals surface area (Å²) in [7, 11) is 1.51. The molecule has 0 unspecified atom stereocenters. The van der Waals surface area contributed by atoms with Gasteiger partial charge in [-0.25, -0.2) is 27.9 Å². The van der Waals surface area contributed by atoms with Crippen LogP contribution in [0.4, 0.5) is 20.4 Å². The van der Waals surface area contributed by atoms with Crippen molar-refractivity contribution in [3.63, 3.8) is 0 Å². The summed E-state index contributed by atoms with van der Waals surface area (Å²) in [6.07, 6.45) is 1.27. The fourth-order valence-electron chi connectivity index (χ4n) is 3.57. The van der Waals surface area contributed by atoms with E-state index in [0.717, 1.165) is 15.2 Å². The van der Waals surface area contributed by atoms with E-state index in [1.165, 1.54) is 26.3 Å². The van der Waals surface area contributed by atoms with Crippen molar-refractivity contribution < 1.29 is 13.5 Å². The van der Waals surface area contributed by atoms with Crippen LogP contribution in [0.15, 0.2) is 57.0 Å². The molecule has 2 heterocycles. The third kappa shape index (κ3) is 5.06. The van der Waals surface area contributed by atoms with E-state index >= 15 is 0 Å². The molecule has 0 aliphatic carbocycles. The van der Waals surface area contributed by atoms with E-state index in [0.29, 0.717) is 17.3 Å². The second-order valence-electron chi connectivity index (χ2n) is 8.06. The first-order chi connectivity index (χ1) is 17.2. The lowest BCUT2D eigenvalue weighted by atomic mass is 10.1. The molecule has 0 saturated carbocycles. The molecule has 186 valence electrons. The molecule has 0 saturated heterocycles. The molecular weight excluding hydrogens is 474 g/mol. The molecule has 0 bridgehead atoms. The molecule has 12 heteroatoms. The minimum Gasteiger partial charge on any atom is -0.497 e. The number of ether oxygens (including phenoxy) is 1. The Hall–Kier alpha value is -4.61. The van der Waals surface area contributed by atoms with Gasteiger partial charge >= 0.3 is 11.4 Å². The molecule has 36 heavy (non-hydrogen) atoms. The molecule has 4 rings (SSSR count). The highest BCUT2D eigenvalue weighted by Gasteiger charge is 2.17. The Morgan fingerprint density at radius 2 is 1.75 bits per heavy atom. The van der Waals surface area contributed by atoms with Crippen LogP contribution in [-0.2, 0) is 13.1 Å². The molecule has 2 N–H and O–H groups in total. The molecule has 0 aliphatic rings. The smallest absolute Gasteiger partial charge is 0.355 e. The van der Waals surface area contributed by atoms with Crippen LogP contribution >= 0.6 is 0 Å². The van der Waals surface area contributed by atoms with Gasteiger partial charge in [-0.1, -0.05) is 6.07 Å². The minimum absolute atomic E-state index is 0.0567.